The lowest BCUT2D eigenvalue weighted by Crippen LogP contribution is -2.24. The zero-order valence-corrected chi connectivity index (χ0v) is 13.0. The highest BCUT2D eigenvalue weighted by molar-refractivity contribution is 7.99. The van der Waals surface area contributed by atoms with Crippen molar-refractivity contribution in [1.82, 2.24) is 35.1 Å². The highest BCUT2D eigenvalue weighted by Crippen LogP contribution is 2.14. The molecule has 0 amide bonds. The van der Waals surface area contributed by atoms with Gasteiger partial charge in [-0.15, -0.1) is 5.10 Å². The second-order valence-corrected chi connectivity index (χ2v) is 5.49. The van der Waals surface area contributed by atoms with Crippen LogP contribution in [-0.2, 0) is 17.8 Å². The summed E-state index contributed by atoms with van der Waals surface area (Å²) < 4.78 is 8.89. The molecular weight excluding hydrogens is 290 g/mol. The Morgan fingerprint density at radius 2 is 2.29 bits per heavy atom. The highest BCUT2D eigenvalue weighted by Gasteiger charge is 2.06. The molecule has 0 atom stereocenters. The number of nitrogens with zero attached hydrogens (tertiary/aromatic N) is 6. The Kier molecular flexibility index (Phi) is 7.19. The van der Waals surface area contributed by atoms with E-state index in [1.54, 1.807) is 25.1 Å². The smallest absolute Gasteiger partial charge is 0.209 e. The van der Waals surface area contributed by atoms with Gasteiger partial charge in [0.25, 0.3) is 0 Å². The maximum atomic E-state index is 4.98. The van der Waals surface area contributed by atoms with Crippen LogP contribution in [0.4, 0.5) is 0 Å². The van der Waals surface area contributed by atoms with E-state index in [2.05, 4.69) is 30.4 Å². The Morgan fingerprint density at radius 1 is 1.33 bits per heavy atom. The molecule has 0 aliphatic rings. The molecule has 0 radical (unpaired) electrons. The number of hydrogen-bond acceptors (Lipinski definition) is 7. The van der Waals surface area contributed by atoms with E-state index in [1.807, 2.05) is 17.2 Å². The quantitative estimate of drug-likeness (QED) is 0.471. The number of thioether (sulfide) groups is 1. The minimum Gasteiger partial charge on any atom is -0.383 e. The van der Waals surface area contributed by atoms with Crippen LogP contribution >= 0.6 is 11.8 Å². The summed E-state index contributed by atoms with van der Waals surface area (Å²) >= 11 is 1.68. The first-order chi connectivity index (χ1) is 10.4. The fourth-order valence-corrected chi connectivity index (χ4v) is 2.58. The third-order valence-corrected chi connectivity index (χ3v) is 3.88. The summed E-state index contributed by atoms with van der Waals surface area (Å²) in [5.41, 5.74) is 0. The molecule has 21 heavy (non-hydrogen) atoms. The predicted molar refractivity (Wildman–Crippen MR) is 80.1 cm³/mol. The van der Waals surface area contributed by atoms with Crippen LogP contribution in [0.5, 0.6) is 0 Å². The van der Waals surface area contributed by atoms with Crippen molar-refractivity contribution >= 4 is 11.8 Å². The third-order valence-electron chi connectivity index (χ3n) is 2.83. The summed E-state index contributed by atoms with van der Waals surface area (Å²) in [4.78, 5) is 4.02. The van der Waals surface area contributed by atoms with Crippen LogP contribution in [0.1, 0.15) is 6.42 Å². The van der Waals surface area contributed by atoms with Crippen molar-refractivity contribution in [3.63, 3.8) is 0 Å². The van der Waals surface area contributed by atoms with Gasteiger partial charge in [0.15, 0.2) is 0 Å². The van der Waals surface area contributed by atoms with E-state index in [4.69, 9.17) is 4.74 Å². The minimum absolute atomic E-state index is 0.714. The van der Waals surface area contributed by atoms with Crippen molar-refractivity contribution < 1.29 is 4.74 Å². The van der Waals surface area contributed by atoms with Crippen molar-refractivity contribution in [2.45, 2.75) is 24.7 Å². The van der Waals surface area contributed by atoms with Gasteiger partial charge in [0, 0.05) is 44.9 Å². The fourth-order valence-electron chi connectivity index (χ4n) is 1.75. The van der Waals surface area contributed by atoms with Crippen molar-refractivity contribution in [2.24, 2.45) is 0 Å². The largest absolute Gasteiger partial charge is 0.383 e. The maximum absolute atomic E-state index is 4.98. The van der Waals surface area contributed by atoms with Gasteiger partial charge in [-0.25, -0.2) is 9.67 Å². The van der Waals surface area contributed by atoms with Gasteiger partial charge in [0.05, 0.1) is 19.5 Å². The van der Waals surface area contributed by atoms with E-state index < -0.39 is 0 Å². The number of hydrogen-bond donors (Lipinski definition) is 1. The molecule has 0 aliphatic heterocycles. The zero-order chi connectivity index (χ0) is 14.8. The standard InChI is InChI=1S/C12H21N7OS/c1-20-9-5-13-4-8-19-12(15-16-17-19)21-10-2-6-18-7-3-14-11-18/h3,7,11,13H,2,4-6,8-10H2,1H3. The topological polar surface area (TPSA) is 82.7 Å². The molecule has 0 aromatic carbocycles. The van der Waals surface area contributed by atoms with Gasteiger partial charge in [0.1, 0.15) is 0 Å². The Labute approximate surface area is 128 Å². The molecule has 0 unspecified atom stereocenters. The molecule has 0 saturated heterocycles. The van der Waals surface area contributed by atoms with Crippen LogP contribution in [0.25, 0.3) is 0 Å². The van der Waals surface area contributed by atoms with Crippen LogP contribution in [-0.4, -0.2) is 62.3 Å². The summed E-state index contributed by atoms with van der Waals surface area (Å²) in [6, 6.07) is 0. The number of imidazole rings is 1. The lowest BCUT2D eigenvalue weighted by molar-refractivity contribution is 0.199. The molecule has 0 aliphatic carbocycles. The van der Waals surface area contributed by atoms with E-state index in [0.717, 1.165) is 43.5 Å². The molecule has 8 nitrogen and oxygen atoms in total. The first-order valence-corrected chi connectivity index (χ1v) is 7.93. The molecule has 116 valence electrons. The molecule has 0 saturated carbocycles. The highest BCUT2D eigenvalue weighted by atomic mass is 32.2. The molecule has 2 heterocycles. The van der Waals surface area contributed by atoms with Crippen LogP contribution in [0, 0.1) is 0 Å². The van der Waals surface area contributed by atoms with Crippen LogP contribution in [0.3, 0.4) is 0 Å². The van der Waals surface area contributed by atoms with Crippen molar-refractivity contribution in [3.8, 4) is 0 Å². The summed E-state index contributed by atoms with van der Waals surface area (Å²) in [6.07, 6.45) is 6.66. The minimum atomic E-state index is 0.714. The second kappa shape index (κ2) is 9.48. The molecule has 2 rings (SSSR count). The normalized spacial score (nSPS) is 11.1. The van der Waals surface area contributed by atoms with Gasteiger partial charge < -0.3 is 14.6 Å². The number of nitrogens with one attached hydrogen (secondary N) is 1. The lowest BCUT2D eigenvalue weighted by Gasteiger charge is -2.06. The monoisotopic (exact) mass is 311 g/mol. The van der Waals surface area contributed by atoms with E-state index >= 15 is 0 Å². The van der Waals surface area contributed by atoms with Gasteiger partial charge in [-0.05, 0) is 16.8 Å². The average molecular weight is 311 g/mol. The number of methoxy groups -OCH3 is 1. The number of rotatable bonds is 11. The first kappa shape index (κ1) is 15.9. The Morgan fingerprint density at radius 3 is 3.10 bits per heavy atom. The number of tetrazole rings is 1. The van der Waals surface area contributed by atoms with E-state index in [9.17, 15) is 0 Å². The van der Waals surface area contributed by atoms with Gasteiger partial charge in [-0.2, -0.15) is 0 Å². The molecular formula is C12H21N7OS. The Hall–Kier alpha value is -1.45. The van der Waals surface area contributed by atoms with Crippen LogP contribution in [0.15, 0.2) is 23.9 Å². The second-order valence-electron chi connectivity index (χ2n) is 4.43. The SMILES string of the molecule is COCCNCCn1nnnc1SCCCn1ccnc1. The summed E-state index contributed by atoms with van der Waals surface area (Å²) in [7, 11) is 1.70. The van der Waals surface area contributed by atoms with Gasteiger partial charge >= 0.3 is 0 Å². The van der Waals surface area contributed by atoms with E-state index in [-0.39, 0.29) is 0 Å². The summed E-state index contributed by atoms with van der Waals surface area (Å²) in [6.45, 7) is 4.11. The zero-order valence-electron chi connectivity index (χ0n) is 12.2. The average Bonchev–Trinajstić information content (AvgIpc) is 3.15. The molecule has 2 aromatic rings. The van der Waals surface area contributed by atoms with Crippen molar-refractivity contribution in [2.75, 3.05) is 32.6 Å². The Bertz CT molecular complexity index is 488. The molecule has 0 fully saturated rings. The van der Waals surface area contributed by atoms with Crippen LogP contribution in [0.2, 0.25) is 0 Å². The van der Waals surface area contributed by atoms with E-state index in [1.165, 1.54) is 0 Å². The molecule has 1 N–H and O–H groups in total. The van der Waals surface area contributed by atoms with Crippen molar-refractivity contribution in [1.29, 1.82) is 0 Å². The van der Waals surface area contributed by atoms with E-state index in [0.29, 0.717) is 6.61 Å². The van der Waals surface area contributed by atoms with Gasteiger partial charge in [-0.1, -0.05) is 11.8 Å². The summed E-state index contributed by atoms with van der Waals surface area (Å²) in [5, 5.41) is 16.0. The lowest BCUT2D eigenvalue weighted by atomic mass is 10.5. The predicted octanol–water partition coefficient (Wildman–Crippen LogP) is 0.288. The van der Waals surface area contributed by atoms with Crippen molar-refractivity contribution in [3.05, 3.63) is 18.7 Å². The molecule has 2 aromatic heterocycles. The molecule has 0 bridgehead atoms. The number of aromatic nitrogens is 6. The van der Waals surface area contributed by atoms with Gasteiger partial charge in [0.2, 0.25) is 5.16 Å². The Balaban J connectivity index is 1.63. The third kappa shape index (κ3) is 5.82. The maximum Gasteiger partial charge on any atom is 0.209 e. The van der Waals surface area contributed by atoms with Gasteiger partial charge in [-0.3, -0.25) is 0 Å². The first-order valence-electron chi connectivity index (χ1n) is 6.94. The van der Waals surface area contributed by atoms with Crippen LogP contribution < -0.4 is 5.32 Å². The molecule has 9 heteroatoms. The summed E-state index contributed by atoms with van der Waals surface area (Å²) in [5.74, 6) is 0.982. The fraction of sp³-hybridized carbons (Fsp3) is 0.667. The molecule has 0 spiro atoms. The number of ether oxygens (including phenoxy) is 1. The number of aryl methyl sites for hydroxylation is 1.